The van der Waals surface area contributed by atoms with E-state index in [1.54, 1.807) is 0 Å². The van der Waals surface area contributed by atoms with Crippen LogP contribution < -0.4 is 0 Å². The van der Waals surface area contributed by atoms with Crippen LogP contribution in [0.3, 0.4) is 0 Å². The maximum atomic E-state index is 12.6. The first-order valence-corrected chi connectivity index (χ1v) is 3.64. The van der Waals surface area contributed by atoms with Gasteiger partial charge in [-0.1, -0.05) is 11.6 Å². The topological polar surface area (TPSA) is 0 Å². The van der Waals surface area contributed by atoms with Gasteiger partial charge in [-0.3, -0.25) is 0 Å². The van der Waals surface area contributed by atoms with Crippen LogP contribution in [0.15, 0.2) is 0 Å². The van der Waals surface area contributed by atoms with E-state index in [-0.39, 0.29) is 5.88 Å². The Balaban J connectivity index is 2.65. The predicted molar refractivity (Wildman–Crippen MR) is 33.5 cm³/mol. The molecule has 0 N–H and O–H groups in total. The lowest BCUT2D eigenvalue weighted by atomic mass is 9.80. The molecule has 1 saturated carbocycles. The van der Waals surface area contributed by atoms with E-state index in [4.69, 9.17) is 23.2 Å². The Hall–Kier alpha value is 0.370. The van der Waals surface area contributed by atoms with Crippen molar-refractivity contribution in [2.45, 2.75) is 17.5 Å². The van der Waals surface area contributed by atoms with Crippen molar-refractivity contribution in [3.05, 3.63) is 0 Å². The van der Waals surface area contributed by atoms with Crippen molar-refractivity contribution in [1.82, 2.24) is 0 Å². The van der Waals surface area contributed by atoms with Crippen molar-refractivity contribution >= 4 is 23.2 Å². The fourth-order valence-electron chi connectivity index (χ4n) is 0.893. The van der Waals surface area contributed by atoms with Crippen LogP contribution in [0.5, 0.6) is 0 Å². The van der Waals surface area contributed by atoms with E-state index < -0.39 is 23.4 Å². The number of rotatable bonds is 1. The minimum atomic E-state index is -3.39. The molecule has 1 aliphatic carbocycles. The summed E-state index contributed by atoms with van der Waals surface area (Å²) in [5.41, 5.74) is 0. The van der Waals surface area contributed by atoms with E-state index in [9.17, 15) is 13.2 Å². The first kappa shape index (κ1) is 8.47. The third-order valence-electron chi connectivity index (χ3n) is 1.69. The number of halogens is 5. The number of hydrogen-bond acceptors (Lipinski definition) is 0. The summed E-state index contributed by atoms with van der Waals surface area (Å²) in [6.07, 6.45) is -0.545. The van der Waals surface area contributed by atoms with Crippen LogP contribution in [0.1, 0.15) is 6.42 Å². The van der Waals surface area contributed by atoms with Gasteiger partial charge in [0.1, 0.15) is 0 Å². The second-order valence-electron chi connectivity index (χ2n) is 2.38. The van der Waals surface area contributed by atoms with Crippen LogP contribution in [0.25, 0.3) is 0 Å². The molecule has 0 aromatic rings. The lowest BCUT2D eigenvalue weighted by Crippen LogP contribution is -2.58. The molecule has 0 nitrogen and oxygen atoms in total. The molecule has 60 valence electrons. The van der Waals surface area contributed by atoms with Crippen LogP contribution >= 0.6 is 23.2 Å². The molecule has 0 aromatic heterocycles. The smallest absolute Gasteiger partial charge is 0.219 e. The van der Waals surface area contributed by atoms with Crippen LogP contribution in [-0.4, -0.2) is 16.9 Å². The summed E-state index contributed by atoms with van der Waals surface area (Å²) < 4.78 is 37.0. The van der Waals surface area contributed by atoms with Gasteiger partial charge in [0.2, 0.25) is 5.13 Å². The number of hydrogen-bond donors (Lipinski definition) is 0. The third-order valence-corrected chi connectivity index (χ3v) is 2.65. The van der Waals surface area contributed by atoms with Gasteiger partial charge in [0.05, 0.1) is 0 Å². The highest BCUT2D eigenvalue weighted by Crippen LogP contribution is 2.57. The molecule has 0 aromatic carbocycles. The summed E-state index contributed by atoms with van der Waals surface area (Å²) >= 11 is 10.0. The predicted octanol–water partition coefficient (Wildman–Crippen LogP) is 2.79. The zero-order chi connectivity index (χ0) is 7.99. The molecule has 2 unspecified atom stereocenters. The standard InChI is InChI=1S/C5H5Cl2F3/c6-2-3-1-4(8,9)5(3,7)10/h3H,1-2H2. The number of alkyl halides is 5. The minimum Gasteiger partial charge on any atom is -0.219 e. The Morgan fingerprint density at radius 2 is 1.90 bits per heavy atom. The summed E-state index contributed by atoms with van der Waals surface area (Å²) in [7, 11) is 0. The third kappa shape index (κ3) is 0.909. The van der Waals surface area contributed by atoms with Gasteiger partial charge in [0, 0.05) is 18.2 Å². The van der Waals surface area contributed by atoms with Crippen LogP contribution in [-0.2, 0) is 0 Å². The molecule has 1 fully saturated rings. The molecule has 10 heavy (non-hydrogen) atoms. The Morgan fingerprint density at radius 3 is 2.00 bits per heavy atom. The highest BCUT2D eigenvalue weighted by atomic mass is 35.5. The van der Waals surface area contributed by atoms with Crippen molar-refractivity contribution in [3.8, 4) is 0 Å². The molecule has 0 saturated heterocycles. The Bertz CT molecular complexity index is 146. The minimum absolute atomic E-state index is 0.157. The molecule has 0 aliphatic heterocycles. The Kier molecular flexibility index (Phi) is 1.84. The molecule has 0 spiro atoms. The van der Waals surface area contributed by atoms with Crippen molar-refractivity contribution in [1.29, 1.82) is 0 Å². The maximum Gasteiger partial charge on any atom is 0.296 e. The molecule has 0 radical (unpaired) electrons. The molecular weight excluding hydrogens is 188 g/mol. The lowest BCUT2D eigenvalue weighted by molar-refractivity contribution is -0.200. The summed E-state index contributed by atoms with van der Waals surface area (Å²) in [5.74, 6) is -4.46. The molecular formula is C5H5Cl2F3. The average molecular weight is 193 g/mol. The van der Waals surface area contributed by atoms with Gasteiger partial charge in [-0.2, -0.15) is 0 Å². The van der Waals surface area contributed by atoms with E-state index >= 15 is 0 Å². The van der Waals surface area contributed by atoms with Gasteiger partial charge in [0.25, 0.3) is 5.92 Å². The summed E-state index contributed by atoms with van der Waals surface area (Å²) in [4.78, 5) is 0. The molecule has 1 aliphatic rings. The van der Waals surface area contributed by atoms with Gasteiger partial charge in [0.15, 0.2) is 0 Å². The monoisotopic (exact) mass is 192 g/mol. The maximum absolute atomic E-state index is 12.6. The molecule has 0 heterocycles. The van der Waals surface area contributed by atoms with Gasteiger partial charge in [-0.05, 0) is 0 Å². The normalized spacial score (nSPS) is 44.7. The molecule has 0 amide bonds. The van der Waals surface area contributed by atoms with Crippen molar-refractivity contribution in [2.75, 3.05) is 5.88 Å². The van der Waals surface area contributed by atoms with E-state index in [1.807, 2.05) is 0 Å². The molecule has 5 heteroatoms. The zero-order valence-electron chi connectivity index (χ0n) is 4.88. The summed E-state index contributed by atoms with van der Waals surface area (Å²) in [6.45, 7) is 0. The van der Waals surface area contributed by atoms with E-state index in [2.05, 4.69) is 0 Å². The van der Waals surface area contributed by atoms with Crippen molar-refractivity contribution in [2.24, 2.45) is 5.92 Å². The fourth-order valence-corrected chi connectivity index (χ4v) is 1.52. The van der Waals surface area contributed by atoms with Crippen LogP contribution in [0, 0.1) is 5.92 Å². The van der Waals surface area contributed by atoms with Crippen LogP contribution in [0.4, 0.5) is 13.2 Å². The fraction of sp³-hybridized carbons (Fsp3) is 1.00. The van der Waals surface area contributed by atoms with E-state index in [0.717, 1.165) is 0 Å². The second kappa shape index (κ2) is 2.18. The quantitative estimate of drug-likeness (QED) is 0.561. The highest BCUT2D eigenvalue weighted by Gasteiger charge is 2.68. The largest absolute Gasteiger partial charge is 0.296 e. The lowest BCUT2D eigenvalue weighted by Gasteiger charge is -2.44. The molecule has 0 bridgehead atoms. The Labute approximate surface area is 66.3 Å². The zero-order valence-corrected chi connectivity index (χ0v) is 6.39. The molecule has 1 rings (SSSR count). The SMILES string of the molecule is FC1(F)CC(CCl)C1(F)Cl. The molecule has 2 atom stereocenters. The van der Waals surface area contributed by atoms with Crippen molar-refractivity contribution < 1.29 is 13.2 Å². The Morgan fingerprint density at radius 1 is 1.40 bits per heavy atom. The van der Waals surface area contributed by atoms with Gasteiger partial charge < -0.3 is 0 Å². The highest BCUT2D eigenvalue weighted by molar-refractivity contribution is 6.25. The average Bonchev–Trinajstić information content (AvgIpc) is 1.83. The first-order chi connectivity index (χ1) is 4.42. The van der Waals surface area contributed by atoms with Crippen LogP contribution in [0.2, 0.25) is 0 Å². The summed E-state index contributed by atoms with van der Waals surface area (Å²) in [6, 6.07) is 0. The van der Waals surface area contributed by atoms with E-state index in [0.29, 0.717) is 0 Å². The first-order valence-electron chi connectivity index (χ1n) is 2.73. The second-order valence-corrected chi connectivity index (χ2v) is 3.24. The van der Waals surface area contributed by atoms with E-state index in [1.165, 1.54) is 0 Å². The van der Waals surface area contributed by atoms with Gasteiger partial charge in [-0.25, -0.2) is 13.2 Å². The van der Waals surface area contributed by atoms with Gasteiger partial charge >= 0.3 is 0 Å². The van der Waals surface area contributed by atoms with Gasteiger partial charge in [-0.15, -0.1) is 11.6 Å². The summed E-state index contributed by atoms with van der Waals surface area (Å²) in [5, 5.41) is -2.91. The van der Waals surface area contributed by atoms with Crippen molar-refractivity contribution in [3.63, 3.8) is 0 Å².